The van der Waals surface area contributed by atoms with Gasteiger partial charge < -0.3 is 9.84 Å². The Morgan fingerprint density at radius 3 is 2.08 bits per heavy atom. The van der Waals surface area contributed by atoms with Crippen LogP contribution in [0.2, 0.25) is 0 Å². The lowest BCUT2D eigenvalue weighted by atomic mass is 10.1. The Labute approximate surface area is 143 Å². The van der Waals surface area contributed by atoms with Gasteiger partial charge >= 0.3 is 11.9 Å². The van der Waals surface area contributed by atoms with Crippen LogP contribution < -0.4 is 0 Å². The van der Waals surface area contributed by atoms with Gasteiger partial charge in [0.15, 0.2) is 5.25 Å². The van der Waals surface area contributed by atoms with E-state index in [-0.39, 0.29) is 0 Å². The quantitative estimate of drug-likeness (QED) is 0.210. The molecule has 1 unspecified atom stereocenters. The molecule has 0 aliphatic heterocycles. The first-order chi connectivity index (χ1) is 11.3. The van der Waals surface area contributed by atoms with Crippen LogP contribution in [0.1, 0.15) is 71.1 Å². The van der Waals surface area contributed by atoms with Crippen LogP contribution in [-0.4, -0.2) is 35.3 Å². The highest BCUT2D eigenvalue weighted by Gasteiger charge is 2.33. The number of esters is 1. The third kappa shape index (κ3) is 12.1. The molecule has 0 rings (SSSR count). The molecule has 0 spiro atoms. The number of hydrogen-bond donors (Lipinski definition) is 2. The van der Waals surface area contributed by atoms with Crippen LogP contribution in [0.4, 0.5) is 0 Å². The van der Waals surface area contributed by atoms with Crippen LogP contribution >= 0.6 is 0 Å². The summed E-state index contributed by atoms with van der Waals surface area (Å²) in [7, 11) is -4.84. The Kier molecular flexibility index (Phi) is 12.2. The molecule has 0 amide bonds. The minimum Gasteiger partial charge on any atom is -0.480 e. The lowest BCUT2D eigenvalue weighted by Gasteiger charge is -2.06. The Morgan fingerprint density at radius 2 is 1.58 bits per heavy atom. The van der Waals surface area contributed by atoms with Crippen molar-refractivity contribution in [3.05, 3.63) is 12.3 Å². The van der Waals surface area contributed by atoms with Gasteiger partial charge in [-0.3, -0.25) is 14.1 Å². The summed E-state index contributed by atoms with van der Waals surface area (Å²) in [4.78, 5) is 22.0. The van der Waals surface area contributed by atoms with E-state index in [4.69, 9.17) is 9.66 Å². The molecule has 0 heterocycles. The van der Waals surface area contributed by atoms with E-state index in [1.807, 2.05) is 0 Å². The van der Waals surface area contributed by atoms with E-state index in [0.29, 0.717) is 0 Å². The maximum atomic E-state index is 11.4. The van der Waals surface area contributed by atoms with E-state index in [1.165, 1.54) is 38.5 Å². The summed E-state index contributed by atoms with van der Waals surface area (Å²) < 4.78 is 35.0. The molecule has 0 bridgehead atoms. The molecule has 0 saturated heterocycles. The molecule has 1 atom stereocenters. The Hall–Kier alpha value is -1.41. The molecule has 2 N–H and O–H groups in total. The number of carbonyl (C=O) groups excluding carboxylic acids is 1. The highest BCUT2D eigenvalue weighted by atomic mass is 32.2. The summed E-state index contributed by atoms with van der Waals surface area (Å²) in [5.74, 6) is -2.82. The molecular formula is C16H28O7S. The van der Waals surface area contributed by atoms with Gasteiger partial charge in [0.05, 0.1) is 12.7 Å². The van der Waals surface area contributed by atoms with Gasteiger partial charge in [-0.15, -0.1) is 0 Å². The van der Waals surface area contributed by atoms with Crippen molar-refractivity contribution in [3.63, 3.8) is 0 Å². The summed E-state index contributed by atoms with van der Waals surface area (Å²) in [6.07, 6.45) is 12.1. The average molecular weight is 364 g/mol. The van der Waals surface area contributed by atoms with E-state index in [9.17, 15) is 18.0 Å². The fourth-order valence-corrected chi connectivity index (χ4v) is 2.71. The van der Waals surface area contributed by atoms with Gasteiger partial charge in [0.1, 0.15) is 0 Å². The van der Waals surface area contributed by atoms with E-state index in [1.54, 1.807) is 6.08 Å². The van der Waals surface area contributed by atoms with Crippen molar-refractivity contribution in [1.82, 2.24) is 0 Å². The zero-order valence-corrected chi connectivity index (χ0v) is 15.0. The van der Waals surface area contributed by atoms with Crippen LogP contribution in [0.5, 0.6) is 0 Å². The van der Waals surface area contributed by atoms with E-state index in [0.717, 1.165) is 25.5 Å². The second-order valence-electron chi connectivity index (χ2n) is 5.67. The SMILES string of the molecule is CCCCCCCCCCC=COC(=O)CC(C(=O)O)S(=O)(=O)O. The van der Waals surface area contributed by atoms with Gasteiger partial charge in [0, 0.05) is 0 Å². The molecule has 0 fully saturated rings. The molecule has 0 radical (unpaired) electrons. The Bertz CT molecular complexity index is 497. The standard InChI is InChI=1S/C16H28O7S/c1-2-3-4-5-6-7-8-9-10-11-12-23-15(17)13-14(16(18)19)24(20,21)22/h11-12,14H,2-10,13H2,1H3,(H,18,19)(H,20,21,22). The monoisotopic (exact) mass is 364 g/mol. The number of ether oxygens (including phenoxy) is 1. The van der Waals surface area contributed by atoms with Crippen LogP contribution in [0.25, 0.3) is 0 Å². The number of carbonyl (C=O) groups is 2. The van der Waals surface area contributed by atoms with Crippen LogP contribution in [-0.2, 0) is 24.4 Å². The second kappa shape index (κ2) is 12.9. The molecular weight excluding hydrogens is 336 g/mol. The summed E-state index contributed by atoms with van der Waals surface area (Å²) in [6, 6.07) is 0. The fraction of sp³-hybridized carbons (Fsp3) is 0.750. The first-order valence-electron chi connectivity index (χ1n) is 8.32. The lowest BCUT2D eigenvalue weighted by molar-refractivity contribution is -0.143. The lowest BCUT2D eigenvalue weighted by Crippen LogP contribution is -2.32. The third-order valence-corrected chi connectivity index (χ3v) is 4.59. The molecule has 140 valence electrons. The third-order valence-electron chi connectivity index (χ3n) is 3.51. The van der Waals surface area contributed by atoms with Gasteiger partial charge in [-0.05, 0) is 18.9 Å². The number of rotatable bonds is 14. The molecule has 0 aromatic rings. The second-order valence-corrected chi connectivity index (χ2v) is 7.27. The van der Waals surface area contributed by atoms with Crippen molar-refractivity contribution < 1.29 is 32.4 Å². The van der Waals surface area contributed by atoms with Crippen molar-refractivity contribution >= 4 is 22.1 Å². The molecule has 0 saturated carbocycles. The minimum absolute atomic E-state index is 0.725. The predicted molar refractivity (Wildman–Crippen MR) is 90.0 cm³/mol. The van der Waals surface area contributed by atoms with Crippen LogP contribution in [0.3, 0.4) is 0 Å². The number of aliphatic carboxylic acids is 1. The Balaban J connectivity index is 3.80. The average Bonchev–Trinajstić information content (AvgIpc) is 2.48. The fourth-order valence-electron chi connectivity index (χ4n) is 2.11. The zero-order chi connectivity index (χ0) is 18.4. The summed E-state index contributed by atoms with van der Waals surface area (Å²) in [5, 5.41) is 6.45. The maximum Gasteiger partial charge on any atom is 0.325 e. The van der Waals surface area contributed by atoms with Crippen LogP contribution in [0.15, 0.2) is 12.3 Å². The van der Waals surface area contributed by atoms with Crippen molar-refractivity contribution in [2.75, 3.05) is 0 Å². The number of carboxylic acids is 1. The predicted octanol–water partition coefficient (Wildman–Crippen LogP) is 3.31. The van der Waals surface area contributed by atoms with Gasteiger partial charge in [-0.1, -0.05) is 51.9 Å². The number of allylic oxidation sites excluding steroid dienone is 1. The highest BCUT2D eigenvalue weighted by Crippen LogP contribution is 2.10. The van der Waals surface area contributed by atoms with Gasteiger partial charge in [-0.2, -0.15) is 8.42 Å². The van der Waals surface area contributed by atoms with Crippen LogP contribution in [0, 0.1) is 0 Å². The number of unbranched alkanes of at least 4 members (excludes halogenated alkanes) is 8. The largest absolute Gasteiger partial charge is 0.480 e. The minimum atomic E-state index is -4.84. The van der Waals surface area contributed by atoms with E-state index >= 15 is 0 Å². The number of carboxylic acid groups (broad SMARTS) is 1. The topological polar surface area (TPSA) is 118 Å². The first kappa shape index (κ1) is 22.6. The van der Waals surface area contributed by atoms with Crippen molar-refractivity contribution in [3.8, 4) is 0 Å². The van der Waals surface area contributed by atoms with Gasteiger partial charge in [-0.25, -0.2) is 0 Å². The first-order valence-corrected chi connectivity index (χ1v) is 9.83. The summed E-state index contributed by atoms with van der Waals surface area (Å²) >= 11 is 0. The summed E-state index contributed by atoms with van der Waals surface area (Å²) in [5.41, 5.74) is 0. The highest BCUT2D eigenvalue weighted by molar-refractivity contribution is 7.87. The normalized spacial score (nSPS) is 13.1. The molecule has 0 aromatic heterocycles. The number of hydrogen-bond acceptors (Lipinski definition) is 5. The van der Waals surface area contributed by atoms with Gasteiger partial charge in [0.25, 0.3) is 10.1 Å². The van der Waals surface area contributed by atoms with E-state index in [2.05, 4.69) is 11.7 Å². The van der Waals surface area contributed by atoms with Crippen molar-refractivity contribution in [1.29, 1.82) is 0 Å². The van der Waals surface area contributed by atoms with Gasteiger partial charge in [0.2, 0.25) is 0 Å². The molecule has 8 heteroatoms. The molecule has 7 nitrogen and oxygen atoms in total. The Morgan fingerprint density at radius 1 is 1.04 bits per heavy atom. The van der Waals surface area contributed by atoms with Crippen molar-refractivity contribution in [2.45, 2.75) is 76.4 Å². The van der Waals surface area contributed by atoms with Crippen molar-refractivity contribution in [2.24, 2.45) is 0 Å². The molecule has 0 aromatic carbocycles. The molecule has 0 aliphatic rings. The zero-order valence-electron chi connectivity index (χ0n) is 14.1. The smallest absolute Gasteiger partial charge is 0.325 e. The summed E-state index contributed by atoms with van der Waals surface area (Å²) in [6.45, 7) is 2.18. The maximum absolute atomic E-state index is 11.4. The molecule has 0 aliphatic carbocycles. The molecule has 24 heavy (non-hydrogen) atoms. The van der Waals surface area contributed by atoms with E-state index < -0.39 is 33.7 Å².